The van der Waals surface area contributed by atoms with Crippen molar-refractivity contribution in [3.63, 3.8) is 0 Å². The summed E-state index contributed by atoms with van der Waals surface area (Å²) in [6.45, 7) is 0. The fourth-order valence-corrected chi connectivity index (χ4v) is 1.36. The van der Waals surface area contributed by atoms with Crippen LogP contribution in [0.15, 0.2) is 33.8 Å². The molecule has 18 heavy (non-hydrogen) atoms. The molecule has 0 N–H and O–H groups in total. The smallest absolute Gasteiger partial charge is 0.329 e. The molecule has 7 heteroatoms. The number of benzene rings is 1. The Kier molecular flexibility index (Phi) is 3.14. The lowest BCUT2D eigenvalue weighted by atomic mass is 10.1. The molecular weight excluding hydrogens is 247 g/mol. The van der Waals surface area contributed by atoms with Gasteiger partial charge in [0.1, 0.15) is 0 Å². The van der Waals surface area contributed by atoms with Gasteiger partial charge in [-0.3, -0.25) is 4.99 Å². The van der Waals surface area contributed by atoms with Gasteiger partial charge >= 0.3 is 12.1 Å². The van der Waals surface area contributed by atoms with Crippen LogP contribution in [0.1, 0.15) is 11.5 Å². The topological polar surface area (TPSA) is 51.3 Å². The van der Waals surface area contributed by atoms with Gasteiger partial charge in [0.2, 0.25) is 5.82 Å². The Hall–Kier alpha value is -2.18. The average molecular weight is 255 g/mol. The van der Waals surface area contributed by atoms with Gasteiger partial charge in [-0.15, -0.1) is 0 Å². The van der Waals surface area contributed by atoms with E-state index < -0.39 is 12.1 Å². The molecule has 0 saturated carbocycles. The number of aromatic nitrogens is 2. The van der Waals surface area contributed by atoms with E-state index in [1.165, 1.54) is 0 Å². The van der Waals surface area contributed by atoms with Crippen molar-refractivity contribution in [3.05, 3.63) is 35.7 Å². The lowest BCUT2D eigenvalue weighted by Gasteiger charge is -1.97. The van der Waals surface area contributed by atoms with Crippen molar-refractivity contribution in [1.29, 1.82) is 0 Å². The van der Waals surface area contributed by atoms with Crippen molar-refractivity contribution < 1.29 is 17.7 Å². The van der Waals surface area contributed by atoms with Crippen molar-refractivity contribution >= 4 is 6.21 Å². The first kappa shape index (κ1) is 12.3. The Morgan fingerprint density at radius 3 is 2.72 bits per heavy atom. The molecule has 0 aliphatic heterocycles. The Labute approximate surface area is 100 Å². The number of aliphatic imine (C=N–C) groups is 1. The molecule has 94 valence electrons. The number of nitrogens with zero attached hydrogens (tertiary/aromatic N) is 3. The van der Waals surface area contributed by atoms with Gasteiger partial charge in [-0.2, -0.15) is 18.2 Å². The fourth-order valence-electron chi connectivity index (χ4n) is 1.36. The van der Waals surface area contributed by atoms with Crippen LogP contribution in [0.25, 0.3) is 11.4 Å². The first-order valence-electron chi connectivity index (χ1n) is 4.94. The second kappa shape index (κ2) is 4.59. The molecule has 0 unspecified atom stereocenters. The maximum atomic E-state index is 12.3. The standard InChI is InChI=1S/C11H8F3N3O/c1-15-6-7-3-2-4-8(5-7)9-16-10(18-17-9)11(12,13)14/h2-6H,1H3. The van der Waals surface area contributed by atoms with Crippen molar-refractivity contribution in [3.8, 4) is 11.4 Å². The predicted molar refractivity (Wildman–Crippen MR) is 58.3 cm³/mol. The molecule has 0 spiro atoms. The Bertz CT molecular complexity index is 575. The van der Waals surface area contributed by atoms with Crippen molar-refractivity contribution in [2.75, 3.05) is 7.05 Å². The third-order valence-corrected chi connectivity index (χ3v) is 2.09. The molecule has 1 heterocycles. The SMILES string of the molecule is CN=Cc1cccc(-c2noc(C(F)(F)F)n2)c1. The zero-order valence-corrected chi connectivity index (χ0v) is 9.27. The first-order chi connectivity index (χ1) is 8.50. The maximum absolute atomic E-state index is 12.3. The first-order valence-corrected chi connectivity index (χ1v) is 4.94. The van der Waals surface area contributed by atoms with Gasteiger partial charge in [-0.05, 0) is 11.6 Å². The second-order valence-corrected chi connectivity index (χ2v) is 3.43. The molecule has 0 bridgehead atoms. The molecule has 0 amide bonds. The number of hydrogen-bond acceptors (Lipinski definition) is 4. The van der Waals surface area contributed by atoms with Crippen LogP contribution in [-0.4, -0.2) is 23.4 Å². The van der Waals surface area contributed by atoms with Gasteiger partial charge < -0.3 is 4.52 Å². The minimum absolute atomic E-state index is 0.103. The van der Waals surface area contributed by atoms with E-state index in [9.17, 15) is 13.2 Å². The van der Waals surface area contributed by atoms with Gasteiger partial charge in [-0.25, -0.2) is 0 Å². The molecular formula is C11H8F3N3O. The highest BCUT2D eigenvalue weighted by Gasteiger charge is 2.38. The van der Waals surface area contributed by atoms with Gasteiger partial charge in [0, 0.05) is 18.8 Å². The summed E-state index contributed by atoms with van der Waals surface area (Å²) in [5, 5.41) is 3.30. The third-order valence-electron chi connectivity index (χ3n) is 2.09. The third kappa shape index (κ3) is 2.55. The highest BCUT2D eigenvalue weighted by atomic mass is 19.4. The van der Waals surface area contributed by atoms with Crippen LogP contribution < -0.4 is 0 Å². The highest BCUT2D eigenvalue weighted by molar-refractivity contribution is 5.81. The summed E-state index contributed by atoms with van der Waals surface area (Å²) in [5.41, 5.74) is 1.18. The molecule has 2 aromatic rings. The summed E-state index contributed by atoms with van der Waals surface area (Å²) < 4.78 is 41.1. The van der Waals surface area contributed by atoms with E-state index in [1.54, 1.807) is 37.5 Å². The Morgan fingerprint density at radius 1 is 1.33 bits per heavy atom. The van der Waals surface area contributed by atoms with Gasteiger partial charge in [0.15, 0.2) is 0 Å². The zero-order valence-electron chi connectivity index (χ0n) is 9.27. The summed E-state index contributed by atoms with van der Waals surface area (Å²) in [5.74, 6) is -1.46. The van der Waals surface area contributed by atoms with E-state index in [-0.39, 0.29) is 5.82 Å². The molecule has 1 aromatic carbocycles. The van der Waals surface area contributed by atoms with Crippen LogP contribution in [0.3, 0.4) is 0 Å². The zero-order chi connectivity index (χ0) is 13.2. The van der Waals surface area contributed by atoms with Gasteiger partial charge in [0.05, 0.1) is 0 Å². The number of rotatable bonds is 2. The van der Waals surface area contributed by atoms with E-state index in [0.29, 0.717) is 5.56 Å². The van der Waals surface area contributed by atoms with Crippen LogP contribution >= 0.6 is 0 Å². The molecule has 0 fully saturated rings. The lowest BCUT2D eigenvalue weighted by molar-refractivity contribution is -0.159. The molecule has 4 nitrogen and oxygen atoms in total. The van der Waals surface area contributed by atoms with E-state index in [4.69, 9.17) is 0 Å². The molecule has 0 saturated heterocycles. The summed E-state index contributed by atoms with van der Waals surface area (Å²) in [7, 11) is 1.60. The average Bonchev–Trinajstić information content (AvgIpc) is 2.78. The minimum Gasteiger partial charge on any atom is -0.329 e. The van der Waals surface area contributed by atoms with E-state index in [1.807, 2.05) is 0 Å². The molecule has 1 aromatic heterocycles. The molecule has 0 atom stereocenters. The van der Waals surface area contributed by atoms with Crippen LogP contribution in [0, 0.1) is 0 Å². The summed E-state index contributed by atoms with van der Waals surface area (Å²) in [4.78, 5) is 7.12. The molecule has 0 aliphatic carbocycles. The molecule has 0 aliphatic rings. The van der Waals surface area contributed by atoms with E-state index in [0.717, 1.165) is 5.56 Å². The second-order valence-electron chi connectivity index (χ2n) is 3.43. The van der Waals surface area contributed by atoms with E-state index in [2.05, 4.69) is 19.7 Å². The largest absolute Gasteiger partial charge is 0.471 e. The number of hydrogen-bond donors (Lipinski definition) is 0. The number of halogens is 3. The van der Waals surface area contributed by atoms with Crippen LogP contribution in [0.4, 0.5) is 13.2 Å². The summed E-state index contributed by atoms with van der Waals surface area (Å²) in [6, 6.07) is 6.66. The van der Waals surface area contributed by atoms with Crippen molar-refractivity contribution in [2.45, 2.75) is 6.18 Å². The quantitative estimate of drug-likeness (QED) is 0.775. The van der Waals surface area contributed by atoms with Gasteiger partial charge in [-0.1, -0.05) is 23.4 Å². The van der Waals surface area contributed by atoms with E-state index >= 15 is 0 Å². The normalized spacial score (nSPS) is 12.2. The minimum atomic E-state index is -4.63. The molecule has 0 radical (unpaired) electrons. The highest BCUT2D eigenvalue weighted by Crippen LogP contribution is 2.29. The monoisotopic (exact) mass is 255 g/mol. The maximum Gasteiger partial charge on any atom is 0.471 e. The fraction of sp³-hybridized carbons (Fsp3) is 0.182. The van der Waals surface area contributed by atoms with Crippen LogP contribution in [0.5, 0.6) is 0 Å². The van der Waals surface area contributed by atoms with Crippen molar-refractivity contribution in [1.82, 2.24) is 10.1 Å². The summed E-state index contributed by atoms with van der Waals surface area (Å²) in [6.07, 6.45) is -3.05. The van der Waals surface area contributed by atoms with Crippen LogP contribution in [0.2, 0.25) is 0 Å². The number of alkyl halides is 3. The predicted octanol–water partition coefficient (Wildman–Crippen LogP) is 2.80. The molecule has 2 rings (SSSR count). The lowest BCUT2D eigenvalue weighted by Crippen LogP contribution is -2.04. The Morgan fingerprint density at radius 2 is 2.11 bits per heavy atom. The van der Waals surface area contributed by atoms with Crippen molar-refractivity contribution in [2.24, 2.45) is 4.99 Å². The summed E-state index contributed by atoms with van der Waals surface area (Å²) >= 11 is 0. The van der Waals surface area contributed by atoms with Crippen LogP contribution in [-0.2, 0) is 6.18 Å². The Balaban J connectivity index is 2.37. The van der Waals surface area contributed by atoms with Gasteiger partial charge in [0.25, 0.3) is 0 Å².